The van der Waals surface area contributed by atoms with Crippen molar-refractivity contribution in [2.24, 2.45) is 5.92 Å². The fourth-order valence-electron chi connectivity index (χ4n) is 3.08. The third-order valence-corrected chi connectivity index (χ3v) is 4.42. The highest BCUT2D eigenvalue weighted by Gasteiger charge is 2.15. The van der Waals surface area contributed by atoms with Gasteiger partial charge in [-0.05, 0) is 41.0 Å². The van der Waals surface area contributed by atoms with Gasteiger partial charge in [0.2, 0.25) is 0 Å². The molecule has 2 aromatic carbocycles. The van der Waals surface area contributed by atoms with Crippen molar-refractivity contribution in [3.63, 3.8) is 0 Å². The molecular weight excluding hydrogens is 326 g/mol. The summed E-state index contributed by atoms with van der Waals surface area (Å²) in [4.78, 5) is 30.2. The number of rotatable bonds is 3. The van der Waals surface area contributed by atoms with Crippen molar-refractivity contribution in [2.45, 2.75) is 13.8 Å². The average Bonchev–Trinajstić information content (AvgIpc) is 2.64. The number of carbonyl (C=O) groups excluding carboxylic acids is 1. The lowest BCUT2D eigenvalue weighted by atomic mass is 10.1. The molecule has 5 nitrogen and oxygen atoms in total. The van der Waals surface area contributed by atoms with Crippen LogP contribution in [0.1, 0.15) is 24.2 Å². The molecule has 4 rings (SSSR count). The summed E-state index contributed by atoms with van der Waals surface area (Å²) < 4.78 is 1.45. The number of hydrogen-bond acceptors (Lipinski definition) is 3. The lowest BCUT2D eigenvalue weighted by Gasteiger charge is -2.11. The third kappa shape index (κ3) is 2.71. The first-order chi connectivity index (χ1) is 12.5. The molecule has 5 heteroatoms. The molecule has 0 fully saturated rings. The zero-order valence-corrected chi connectivity index (χ0v) is 14.7. The van der Waals surface area contributed by atoms with Gasteiger partial charge >= 0.3 is 0 Å². The van der Waals surface area contributed by atoms with Crippen LogP contribution >= 0.6 is 0 Å². The van der Waals surface area contributed by atoms with Gasteiger partial charge in [-0.1, -0.05) is 38.1 Å². The van der Waals surface area contributed by atoms with Gasteiger partial charge in [-0.25, -0.2) is 4.98 Å². The summed E-state index contributed by atoms with van der Waals surface area (Å²) in [5.41, 5.74) is 1.20. The zero-order valence-electron chi connectivity index (χ0n) is 14.7. The molecule has 2 aromatic heterocycles. The molecule has 0 bridgehead atoms. The van der Waals surface area contributed by atoms with E-state index in [1.54, 1.807) is 18.3 Å². The summed E-state index contributed by atoms with van der Waals surface area (Å²) >= 11 is 0. The number of nitrogens with one attached hydrogen (secondary N) is 1. The van der Waals surface area contributed by atoms with Gasteiger partial charge in [0.1, 0.15) is 0 Å². The summed E-state index contributed by atoms with van der Waals surface area (Å²) in [7, 11) is 0. The highest BCUT2D eigenvalue weighted by atomic mass is 16.1. The number of hydrogen-bond donors (Lipinski definition) is 1. The van der Waals surface area contributed by atoms with Crippen molar-refractivity contribution in [1.29, 1.82) is 0 Å². The van der Waals surface area contributed by atoms with E-state index in [9.17, 15) is 9.59 Å². The molecule has 0 aliphatic rings. The second kappa shape index (κ2) is 6.26. The van der Waals surface area contributed by atoms with Gasteiger partial charge in [0.05, 0.1) is 16.5 Å². The minimum absolute atomic E-state index is 0.172. The average molecular weight is 345 g/mol. The summed E-state index contributed by atoms with van der Waals surface area (Å²) in [6, 6.07) is 15.0. The van der Waals surface area contributed by atoms with Gasteiger partial charge in [0.15, 0.2) is 5.65 Å². The molecule has 4 aromatic rings. The van der Waals surface area contributed by atoms with Crippen molar-refractivity contribution in [3.05, 3.63) is 70.6 Å². The van der Waals surface area contributed by atoms with Crippen LogP contribution in [0.4, 0.5) is 0 Å². The Morgan fingerprint density at radius 3 is 2.58 bits per heavy atom. The van der Waals surface area contributed by atoms with E-state index in [2.05, 4.69) is 10.3 Å². The van der Waals surface area contributed by atoms with Gasteiger partial charge in [0, 0.05) is 12.7 Å². The first-order valence-corrected chi connectivity index (χ1v) is 8.66. The fourth-order valence-corrected chi connectivity index (χ4v) is 3.08. The van der Waals surface area contributed by atoms with Gasteiger partial charge in [-0.15, -0.1) is 0 Å². The second-order valence-electron chi connectivity index (χ2n) is 6.85. The topological polar surface area (TPSA) is 63.5 Å². The number of nitrogens with zero attached hydrogens (tertiary/aromatic N) is 2. The molecule has 0 atom stereocenters. The van der Waals surface area contributed by atoms with Crippen molar-refractivity contribution in [2.75, 3.05) is 6.54 Å². The standard InChI is InChI=1S/C21H19N3O2/c1-13(2)12-22-20(25)16-8-5-9-24-19(16)23-18-11-15-7-4-3-6-14(15)10-17(18)21(24)26/h3-11,13H,12H2,1-2H3,(H,22,25). The number of fused-ring (bicyclic) bond motifs is 3. The molecule has 0 spiro atoms. The number of benzene rings is 2. The predicted molar refractivity (Wildman–Crippen MR) is 104 cm³/mol. The van der Waals surface area contributed by atoms with E-state index in [0.717, 1.165) is 10.8 Å². The second-order valence-corrected chi connectivity index (χ2v) is 6.85. The molecule has 0 saturated carbocycles. The first-order valence-electron chi connectivity index (χ1n) is 8.66. The Bertz CT molecular complexity index is 1210. The van der Waals surface area contributed by atoms with E-state index in [1.165, 1.54) is 4.40 Å². The van der Waals surface area contributed by atoms with E-state index in [-0.39, 0.29) is 11.5 Å². The van der Waals surface area contributed by atoms with E-state index in [0.29, 0.717) is 34.6 Å². The van der Waals surface area contributed by atoms with Gasteiger partial charge in [0.25, 0.3) is 11.5 Å². The smallest absolute Gasteiger partial charge is 0.265 e. The zero-order chi connectivity index (χ0) is 18.3. The van der Waals surface area contributed by atoms with Gasteiger partial charge in [-0.3, -0.25) is 14.0 Å². The van der Waals surface area contributed by atoms with Crippen molar-refractivity contribution >= 4 is 33.2 Å². The molecular formula is C21H19N3O2. The summed E-state index contributed by atoms with van der Waals surface area (Å²) in [6.45, 7) is 4.64. The number of amides is 1. The molecule has 1 amide bonds. The Kier molecular flexibility index (Phi) is 3.92. The molecule has 0 saturated heterocycles. The van der Waals surface area contributed by atoms with E-state index >= 15 is 0 Å². The summed E-state index contributed by atoms with van der Waals surface area (Å²) in [5.74, 6) is 0.126. The fraction of sp³-hybridized carbons (Fsp3) is 0.190. The van der Waals surface area contributed by atoms with Gasteiger partial charge < -0.3 is 5.32 Å². The molecule has 0 radical (unpaired) electrons. The van der Waals surface area contributed by atoms with E-state index in [1.807, 2.05) is 50.2 Å². The van der Waals surface area contributed by atoms with Crippen LogP contribution in [0.15, 0.2) is 59.5 Å². The lowest BCUT2D eigenvalue weighted by Crippen LogP contribution is -2.29. The van der Waals surface area contributed by atoms with Crippen LogP contribution in [-0.2, 0) is 0 Å². The van der Waals surface area contributed by atoms with Crippen LogP contribution in [0.2, 0.25) is 0 Å². The maximum absolute atomic E-state index is 13.0. The molecule has 1 N–H and O–H groups in total. The number of aromatic nitrogens is 2. The normalized spacial score (nSPS) is 11.5. The van der Waals surface area contributed by atoms with Crippen LogP contribution in [-0.4, -0.2) is 21.8 Å². The predicted octanol–water partition coefficient (Wildman–Crippen LogP) is 3.39. The lowest BCUT2D eigenvalue weighted by molar-refractivity contribution is 0.0950. The van der Waals surface area contributed by atoms with Crippen LogP contribution in [0.3, 0.4) is 0 Å². The third-order valence-electron chi connectivity index (χ3n) is 4.42. The molecule has 0 aliphatic carbocycles. The van der Waals surface area contributed by atoms with E-state index in [4.69, 9.17) is 0 Å². The Balaban J connectivity index is 1.97. The quantitative estimate of drug-likeness (QED) is 0.579. The molecule has 26 heavy (non-hydrogen) atoms. The summed E-state index contributed by atoms with van der Waals surface area (Å²) in [5, 5.41) is 5.44. The van der Waals surface area contributed by atoms with Gasteiger partial charge in [-0.2, -0.15) is 0 Å². The van der Waals surface area contributed by atoms with Crippen LogP contribution in [0.25, 0.3) is 27.3 Å². The monoisotopic (exact) mass is 345 g/mol. The Hall–Kier alpha value is -3.21. The maximum atomic E-state index is 13.0. The largest absolute Gasteiger partial charge is 0.352 e. The summed E-state index contributed by atoms with van der Waals surface area (Å²) in [6.07, 6.45) is 1.65. The minimum atomic E-state index is -0.219. The Morgan fingerprint density at radius 1 is 1.12 bits per heavy atom. The SMILES string of the molecule is CC(C)CNC(=O)c1cccn2c(=O)c3cc4ccccc4cc3nc12. The molecule has 0 unspecified atom stereocenters. The number of carbonyl (C=O) groups is 1. The maximum Gasteiger partial charge on any atom is 0.265 e. The van der Waals surface area contributed by atoms with Crippen LogP contribution in [0.5, 0.6) is 0 Å². The molecule has 2 heterocycles. The molecule has 130 valence electrons. The van der Waals surface area contributed by atoms with Crippen LogP contribution in [0, 0.1) is 5.92 Å². The molecule has 0 aliphatic heterocycles. The Morgan fingerprint density at radius 2 is 1.85 bits per heavy atom. The first kappa shape index (κ1) is 16.3. The highest BCUT2D eigenvalue weighted by molar-refractivity contribution is 6.02. The number of pyridine rings is 1. The van der Waals surface area contributed by atoms with Crippen LogP contribution < -0.4 is 10.9 Å². The van der Waals surface area contributed by atoms with Crippen molar-refractivity contribution in [3.8, 4) is 0 Å². The highest BCUT2D eigenvalue weighted by Crippen LogP contribution is 2.20. The minimum Gasteiger partial charge on any atom is -0.352 e. The van der Waals surface area contributed by atoms with Crippen molar-refractivity contribution in [1.82, 2.24) is 14.7 Å². The van der Waals surface area contributed by atoms with E-state index < -0.39 is 0 Å². The van der Waals surface area contributed by atoms with Crippen molar-refractivity contribution < 1.29 is 4.79 Å². The Labute approximate surface area is 150 Å².